The highest BCUT2D eigenvalue weighted by Crippen LogP contribution is 2.30. The van der Waals surface area contributed by atoms with Gasteiger partial charge in [0.15, 0.2) is 0 Å². The van der Waals surface area contributed by atoms with E-state index < -0.39 is 12.1 Å². The molecule has 0 amide bonds. The molecule has 0 atom stereocenters. The fourth-order valence-corrected chi connectivity index (χ4v) is 3.21. The van der Waals surface area contributed by atoms with E-state index in [0.717, 1.165) is 33.5 Å². The number of hydrogen-bond acceptors (Lipinski definition) is 7. The molecule has 2 aromatic carbocycles. The van der Waals surface area contributed by atoms with Crippen LogP contribution in [0.4, 0.5) is 25.1 Å². The number of benzene rings is 2. The smallest absolute Gasteiger partial charge is 0.490 e. The van der Waals surface area contributed by atoms with Gasteiger partial charge in [-0.2, -0.15) is 13.2 Å². The molecular formula is C22H20F3N5O4. The first kappa shape index (κ1) is 24.4. The van der Waals surface area contributed by atoms with Gasteiger partial charge in [0.1, 0.15) is 5.75 Å². The number of carbonyl (C=O) groups is 1. The molecule has 0 spiro atoms. The molecule has 0 radical (unpaired) electrons. The van der Waals surface area contributed by atoms with Crippen LogP contribution in [0.3, 0.4) is 0 Å². The lowest BCUT2D eigenvalue weighted by Gasteiger charge is -2.12. The van der Waals surface area contributed by atoms with Crippen LogP contribution in [-0.4, -0.2) is 44.3 Å². The van der Waals surface area contributed by atoms with Crippen molar-refractivity contribution < 1.29 is 27.8 Å². The summed E-state index contributed by atoms with van der Waals surface area (Å²) in [5.41, 5.74) is 3.96. The molecule has 0 unspecified atom stereocenters. The molecule has 34 heavy (non-hydrogen) atoms. The number of aliphatic carboxylic acids is 1. The Morgan fingerprint density at radius 2 is 1.68 bits per heavy atom. The number of aromatic nitrogens is 4. The Bertz CT molecular complexity index is 1450. The number of hydrogen-bond donors (Lipinski definition) is 3. The van der Waals surface area contributed by atoms with E-state index in [9.17, 15) is 18.0 Å². The zero-order chi connectivity index (χ0) is 25.2. The van der Waals surface area contributed by atoms with E-state index in [1.54, 1.807) is 13.2 Å². The summed E-state index contributed by atoms with van der Waals surface area (Å²) in [4.78, 5) is 37.7. The number of carboxylic acid groups (broad SMARTS) is 1. The van der Waals surface area contributed by atoms with Crippen molar-refractivity contribution in [3.63, 3.8) is 0 Å². The molecule has 0 bridgehead atoms. The summed E-state index contributed by atoms with van der Waals surface area (Å²) >= 11 is 0. The van der Waals surface area contributed by atoms with Gasteiger partial charge in [-0.15, -0.1) is 0 Å². The number of halogens is 3. The molecule has 4 aromatic rings. The lowest BCUT2D eigenvalue weighted by molar-refractivity contribution is -0.192. The van der Waals surface area contributed by atoms with Crippen molar-refractivity contribution >= 4 is 39.7 Å². The monoisotopic (exact) mass is 475 g/mol. The number of methoxy groups -OCH3 is 1. The fourth-order valence-electron chi connectivity index (χ4n) is 3.21. The lowest BCUT2D eigenvalue weighted by Crippen LogP contribution is -2.21. The van der Waals surface area contributed by atoms with E-state index in [-0.39, 0.29) is 5.56 Å². The maximum atomic E-state index is 12.4. The summed E-state index contributed by atoms with van der Waals surface area (Å²) in [6.45, 7) is 5.81. The molecule has 0 aliphatic rings. The Balaban J connectivity index is 0.000000406. The summed E-state index contributed by atoms with van der Waals surface area (Å²) in [6.07, 6.45) is -5.08. The van der Waals surface area contributed by atoms with Gasteiger partial charge in [0.05, 0.1) is 34.6 Å². The summed E-state index contributed by atoms with van der Waals surface area (Å²) < 4.78 is 37.2. The van der Waals surface area contributed by atoms with Gasteiger partial charge in [0, 0.05) is 0 Å². The third kappa shape index (κ3) is 5.05. The van der Waals surface area contributed by atoms with Gasteiger partial charge in [-0.3, -0.25) is 15.1 Å². The fraction of sp³-hybridized carbons (Fsp3) is 0.227. The predicted molar refractivity (Wildman–Crippen MR) is 120 cm³/mol. The van der Waals surface area contributed by atoms with Crippen LogP contribution >= 0.6 is 0 Å². The zero-order valence-electron chi connectivity index (χ0n) is 18.5. The third-order valence-electron chi connectivity index (χ3n) is 4.83. The molecule has 0 saturated heterocycles. The number of ether oxygens (including phenoxy) is 1. The minimum absolute atomic E-state index is 0.207. The van der Waals surface area contributed by atoms with Crippen molar-refractivity contribution in [3.8, 4) is 5.75 Å². The highest BCUT2D eigenvalue weighted by Gasteiger charge is 2.38. The normalized spacial score (nSPS) is 11.1. The SMILES string of the molecule is COc1ccc(C)c2nc(Nc3nc4c(C)cccc4c(=O)[nH]3)nc(C)c12.O=C(O)C(F)(F)F. The third-order valence-corrected chi connectivity index (χ3v) is 4.83. The molecule has 2 heterocycles. The van der Waals surface area contributed by atoms with Crippen LogP contribution in [0.15, 0.2) is 35.1 Å². The largest absolute Gasteiger partial charge is 0.496 e. The van der Waals surface area contributed by atoms with Crippen LogP contribution < -0.4 is 15.6 Å². The second-order valence-electron chi connectivity index (χ2n) is 7.25. The standard InChI is InChI=1S/C20H19N5O2.C2HF3O2/c1-10-6-5-7-13-16(10)22-20(24-18(13)26)25-19-21-12(3)15-14(27-4)9-8-11(2)17(15)23-19;3-2(4,5)1(6)7/h5-9H,1-4H3,(H2,21,22,23,24,25,26);(H,6,7). The maximum absolute atomic E-state index is 12.4. The minimum Gasteiger partial charge on any atom is -0.496 e. The quantitative estimate of drug-likeness (QED) is 0.402. The van der Waals surface area contributed by atoms with E-state index in [0.29, 0.717) is 22.8 Å². The number of para-hydroxylation sites is 1. The van der Waals surface area contributed by atoms with Crippen molar-refractivity contribution in [3.05, 3.63) is 57.5 Å². The Morgan fingerprint density at radius 3 is 2.29 bits per heavy atom. The average molecular weight is 475 g/mol. The molecular weight excluding hydrogens is 455 g/mol. The number of fused-ring (bicyclic) bond motifs is 2. The number of nitrogens with one attached hydrogen (secondary N) is 2. The highest BCUT2D eigenvalue weighted by molar-refractivity contribution is 5.90. The second-order valence-corrected chi connectivity index (χ2v) is 7.25. The molecule has 0 saturated carbocycles. The summed E-state index contributed by atoms with van der Waals surface area (Å²) in [6, 6.07) is 9.38. The van der Waals surface area contributed by atoms with Crippen molar-refractivity contribution in [1.82, 2.24) is 19.9 Å². The number of alkyl halides is 3. The van der Waals surface area contributed by atoms with E-state index in [1.165, 1.54) is 0 Å². The molecule has 0 fully saturated rings. The molecule has 0 aliphatic carbocycles. The number of aryl methyl sites for hydroxylation is 3. The minimum atomic E-state index is -5.08. The molecule has 2 aromatic heterocycles. The van der Waals surface area contributed by atoms with Crippen LogP contribution in [0.2, 0.25) is 0 Å². The van der Waals surface area contributed by atoms with E-state index >= 15 is 0 Å². The van der Waals surface area contributed by atoms with Crippen molar-refractivity contribution in [1.29, 1.82) is 0 Å². The first-order valence-corrected chi connectivity index (χ1v) is 9.81. The van der Waals surface area contributed by atoms with Gasteiger partial charge in [-0.05, 0) is 44.0 Å². The van der Waals surface area contributed by atoms with Crippen molar-refractivity contribution in [2.24, 2.45) is 0 Å². The molecule has 12 heteroatoms. The van der Waals surface area contributed by atoms with Gasteiger partial charge in [-0.25, -0.2) is 19.7 Å². The van der Waals surface area contributed by atoms with Crippen LogP contribution in [0, 0.1) is 20.8 Å². The Hall–Kier alpha value is -4.22. The Morgan fingerprint density at radius 1 is 1.03 bits per heavy atom. The number of H-pyrrole nitrogens is 1. The molecule has 9 nitrogen and oxygen atoms in total. The van der Waals surface area contributed by atoms with Crippen LogP contribution in [0.25, 0.3) is 21.8 Å². The molecule has 178 valence electrons. The number of carboxylic acids is 1. The van der Waals surface area contributed by atoms with Gasteiger partial charge in [-0.1, -0.05) is 18.2 Å². The lowest BCUT2D eigenvalue weighted by atomic mass is 10.1. The Labute approximate surface area is 190 Å². The second kappa shape index (κ2) is 9.33. The summed E-state index contributed by atoms with van der Waals surface area (Å²) in [5.74, 6) is -1.35. The van der Waals surface area contributed by atoms with Crippen LogP contribution in [0.5, 0.6) is 5.75 Å². The van der Waals surface area contributed by atoms with E-state index in [4.69, 9.17) is 14.6 Å². The van der Waals surface area contributed by atoms with Gasteiger partial charge in [0.2, 0.25) is 11.9 Å². The summed E-state index contributed by atoms with van der Waals surface area (Å²) in [7, 11) is 1.63. The zero-order valence-corrected chi connectivity index (χ0v) is 18.5. The van der Waals surface area contributed by atoms with Crippen molar-refractivity contribution in [2.75, 3.05) is 12.4 Å². The number of nitrogens with zero attached hydrogens (tertiary/aromatic N) is 3. The average Bonchev–Trinajstić information content (AvgIpc) is 2.75. The highest BCUT2D eigenvalue weighted by atomic mass is 19.4. The van der Waals surface area contributed by atoms with Gasteiger partial charge >= 0.3 is 12.1 Å². The topological polar surface area (TPSA) is 130 Å². The van der Waals surface area contributed by atoms with E-state index in [1.807, 2.05) is 45.0 Å². The molecule has 0 aliphatic heterocycles. The number of anilines is 2. The first-order valence-electron chi connectivity index (χ1n) is 9.81. The summed E-state index contributed by atoms with van der Waals surface area (Å²) in [5, 5.41) is 11.6. The molecule has 4 rings (SSSR count). The Kier molecular flexibility index (Phi) is 6.70. The van der Waals surface area contributed by atoms with Gasteiger partial charge in [0.25, 0.3) is 5.56 Å². The predicted octanol–water partition coefficient (Wildman–Crippen LogP) is 4.18. The van der Waals surface area contributed by atoms with Crippen LogP contribution in [-0.2, 0) is 4.79 Å². The first-order chi connectivity index (χ1) is 15.9. The van der Waals surface area contributed by atoms with Gasteiger partial charge < -0.3 is 9.84 Å². The number of rotatable bonds is 3. The van der Waals surface area contributed by atoms with Crippen LogP contribution in [0.1, 0.15) is 16.8 Å². The molecule has 3 N–H and O–H groups in total. The van der Waals surface area contributed by atoms with Crippen molar-refractivity contribution in [2.45, 2.75) is 26.9 Å². The number of aromatic amines is 1. The van der Waals surface area contributed by atoms with E-state index in [2.05, 4.69) is 25.3 Å². The maximum Gasteiger partial charge on any atom is 0.490 e.